The van der Waals surface area contributed by atoms with Gasteiger partial charge in [-0.05, 0) is 37.0 Å². The normalized spacial score (nSPS) is 13.3. The minimum Gasteiger partial charge on any atom is -0.397 e. The smallest absolute Gasteiger partial charge is 0.240 e. The second kappa shape index (κ2) is 8.01. The third-order valence-corrected chi connectivity index (χ3v) is 5.58. The lowest BCUT2D eigenvalue weighted by atomic mass is 10.00. The molecule has 0 heterocycles. The highest BCUT2D eigenvalue weighted by Gasteiger charge is 2.19. The second-order valence-electron chi connectivity index (χ2n) is 5.41. The largest absolute Gasteiger partial charge is 0.397 e. The van der Waals surface area contributed by atoms with E-state index in [1.54, 1.807) is 13.0 Å². The average Bonchev–Trinajstić information content (AvgIpc) is 2.43. The maximum Gasteiger partial charge on any atom is 0.240 e. The second-order valence-corrected chi connectivity index (χ2v) is 7.55. The number of sulfonamides is 1. The standard InChI is InChI=1S/C15H25ClN2O2S/c1-4-6-7-12(5-2)10-18-21(19,20)15-9-14(17)13(16)8-11(15)3/h8-9,12,18H,4-7,10,17H2,1-3H3. The van der Waals surface area contributed by atoms with Crippen molar-refractivity contribution in [2.75, 3.05) is 12.3 Å². The van der Waals surface area contributed by atoms with Gasteiger partial charge in [-0.2, -0.15) is 0 Å². The van der Waals surface area contributed by atoms with E-state index in [0.717, 1.165) is 25.7 Å². The average molecular weight is 333 g/mol. The monoisotopic (exact) mass is 332 g/mol. The number of nitrogens with two attached hydrogens (primary N) is 1. The van der Waals surface area contributed by atoms with Gasteiger partial charge in [-0.3, -0.25) is 0 Å². The first-order valence-electron chi connectivity index (χ1n) is 7.37. The highest BCUT2D eigenvalue weighted by Crippen LogP contribution is 2.26. The molecule has 1 aromatic rings. The molecule has 0 aromatic heterocycles. The van der Waals surface area contributed by atoms with Gasteiger partial charge in [-0.15, -0.1) is 0 Å². The molecule has 1 atom stereocenters. The summed E-state index contributed by atoms with van der Waals surface area (Å²) < 4.78 is 27.5. The number of benzene rings is 1. The molecule has 1 rings (SSSR count). The van der Waals surface area contributed by atoms with E-state index >= 15 is 0 Å². The maximum absolute atomic E-state index is 12.4. The van der Waals surface area contributed by atoms with Crippen molar-refractivity contribution in [3.63, 3.8) is 0 Å². The van der Waals surface area contributed by atoms with Crippen molar-refractivity contribution in [1.82, 2.24) is 4.72 Å². The van der Waals surface area contributed by atoms with Gasteiger partial charge in [0.15, 0.2) is 0 Å². The summed E-state index contributed by atoms with van der Waals surface area (Å²) in [6.45, 7) is 6.39. The molecule has 1 aromatic carbocycles. The summed E-state index contributed by atoms with van der Waals surface area (Å²) in [6.07, 6.45) is 4.24. The highest BCUT2D eigenvalue weighted by molar-refractivity contribution is 7.89. The lowest BCUT2D eigenvalue weighted by molar-refractivity contribution is 0.443. The molecular formula is C15H25ClN2O2S. The van der Waals surface area contributed by atoms with E-state index < -0.39 is 10.0 Å². The molecule has 3 N–H and O–H groups in total. The Bertz CT molecular complexity index is 573. The predicted octanol–water partition coefficient (Wildman–Crippen LogP) is 3.73. The van der Waals surface area contributed by atoms with E-state index in [4.69, 9.17) is 17.3 Å². The van der Waals surface area contributed by atoms with Crippen LogP contribution < -0.4 is 10.5 Å². The molecule has 0 saturated carbocycles. The van der Waals surface area contributed by atoms with Crippen LogP contribution in [0.2, 0.25) is 5.02 Å². The first kappa shape index (κ1) is 18.3. The number of hydrogen-bond donors (Lipinski definition) is 2. The van der Waals surface area contributed by atoms with Crippen LogP contribution in [0.3, 0.4) is 0 Å². The van der Waals surface area contributed by atoms with Gasteiger partial charge < -0.3 is 5.73 Å². The van der Waals surface area contributed by atoms with Crippen molar-refractivity contribution in [3.05, 3.63) is 22.7 Å². The lowest BCUT2D eigenvalue weighted by Crippen LogP contribution is -2.30. The van der Waals surface area contributed by atoms with Crippen LogP contribution in [0, 0.1) is 12.8 Å². The van der Waals surface area contributed by atoms with Gasteiger partial charge in [0.2, 0.25) is 10.0 Å². The molecule has 0 bridgehead atoms. The van der Waals surface area contributed by atoms with Crippen LogP contribution in [0.5, 0.6) is 0 Å². The van der Waals surface area contributed by atoms with Gasteiger partial charge >= 0.3 is 0 Å². The molecule has 0 saturated heterocycles. The molecule has 0 aliphatic rings. The maximum atomic E-state index is 12.4. The Morgan fingerprint density at radius 2 is 2.00 bits per heavy atom. The Hall–Kier alpha value is -0.780. The van der Waals surface area contributed by atoms with Crippen molar-refractivity contribution >= 4 is 27.3 Å². The van der Waals surface area contributed by atoms with Crippen molar-refractivity contribution in [3.8, 4) is 0 Å². The number of unbranched alkanes of at least 4 members (excludes halogenated alkanes) is 1. The Balaban J connectivity index is 2.84. The van der Waals surface area contributed by atoms with E-state index in [9.17, 15) is 8.42 Å². The van der Waals surface area contributed by atoms with Crippen LogP contribution in [-0.4, -0.2) is 15.0 Å². The molecule has 0 aliphatic heterocycles. The zero-order valence-electron chi connectivity index (χ0n) is 12.9. The first-order valence-corrected chi connectivity index (χ1v) is 9.23. The number of nitrogens with one attached hydrogen (secondary N) is 1. The van der Waals surface area contributed by atoms with Crippen molar-refractivity contribution in [1.29, 1.82) is 0 Å². The Labute approximate surface area is 133 Å². The van der Waals surface area contributed by atoms with Crippen molar-refractivity contribution in [2.45, 2.75) is 51.3 Å². The van der Waals surface area contributed by atoms with Crippen LogP contribution in [-0.2, 0) is 10.0 Å². The first-order chi connectivity index (χ1) is 9.81. The zero-order valence-corrected chi connectivity index (χ0v) is 14.5. The quantitative estimate of drug-likeness (QED) is 0.712. The minimum absolute atomic E-state index is 0.203. The fourth-order valence-electron chi connectivity index (χ4n) is 2.21. The van der Waals surface area contributed by atoms with Crippen molar-refractivity contribution in [2.24, 2.45) is 5.92 Å². The van der Waals surface area contributed by atoms with Crippen molar-refractivity contribution < 1.29 is 8.42 Å². The molecule has 0 radical (unpaired) electrons. The van der Waals surface area contributed by atoms with E-state index in [2.05, 4.69) is 18.6 Å². The minimum atomic E-state index is -3.55. The summed E-state index contributed by atoms with van der Waals surface area (Å²) in [5, 5.41) is 0.376. The fraction of sp³-hybridized carbons (Fsp3) is 0.600. The third-order valence-electron chi connectivity index (χ3n) is 3.69. The molecular weight excluding hydrogens is 308 g/mol. The number of nitrogen functional groups attached to an aromatic ring is 1. The third kappa shape index (κ3) is 5.16. The molecule has 21 heavy (non-hydrogen) atoms. The van der Waals surface area contributed by atoms with Gasteiger partial charge in [0.05, 0.1) is 15.6 Å². The van der Waals surface area contributed by atoms with Gasteiger partial charge in [0.25, 0.3) is 0 Å². The molecule has 0 amide bonds. The summed E-state index contributed by atoms with van der Waals surface area (Å²) in [7, 11) is -3.55. The summed E-state index contributed by atoms with van der Waals surface area (Å²) in [4.78, 5) is 0.203. The molecule has 4 nitrogen and oxygen atoms in total. The van der Waals surface area contributed by atoms with Crippen LogP contribution in [0.1, 0.15) is 45.1 Å². The molecule has 6 heteroatoms. The Morgan fingerprint density at radius 1 is 1.33 bits per heavy atom. The number of rotatable bonds is 8. The topological polar surface area (TPSA) is 72.2 Å². The van der Waals surface area contributed by atoms with Gasteiger partial charge in [0, 0.05) is 6.54 Å². The number of aryl methyl sites for hydroxylation is 1. The predicted molar refractivity (Wildman–Crippen MR) is 89.1 cm³/mol. The van der Waals surface area contributed by atoms with Crippen LogP contribution in [0.4, 0.5) is 5.69 Å². The molecule has 0 spiro atoms. The molecule has 120 valence electrons. The van der Waals surface area contributed by atoms with Crippen LogP contribution in [0.15, 0.2) is 17.0 Å². The molecule has 1 unspecified atom stereocenters. The van der Waals surface area contributed by atoms with Crippen LogP contribution in [0.25, 0.3) is 0 Å². The van der Waals surface area contributed by atoms with Gasteiger partial charge in [-0.1, -0.05) is 44.7 Å². The van der Waals surface area contributed by atoms with E-state index in [0.29, 0.717) is 23.0 Å². The lowest BCUT2D eigenvalue weighted by Gasteiger charge is -2.16. The van der Waals surface area contributed by atoms with E-state index in [1.807, 2.05) is 0 Å². The number of hydrogen-bond acceptors (Lipinski definition) is 3. The number of halogens is 1. The highest BCUT2D eigenvalue weighted by atomic mass is 35.5. The summed E-state index contributed by atoms with van der Waals surface area (Å²) in [5.41, 5.74) is 6.59. The van der Waals surface area contributed by atoms with Gasteiger partial charge in [-0.25, -0.2) is 13.1 Å². The zero-order chi connectivity index (χ0) is 16.0. The Kier molecular flexibility index (Phi) is 6.97. The molecule has 0 aliphatic carbocycles. The van der Waals surface area contributed by atoms with E-state index in [1.165, 1.54) is 6.07 Å². The SMILES string of the molecule is CCCCC(CC)CNS(=O)(=O)c1cc(N)c(Cl)cc1C. The van der Waals surface area contributed by atoms with Gasteiger partial charge in [0.1, 0.15) is 0 Å². The summed E-state index contributed by atoms with van der Waals surface area (Å²) in [6, 6.07) is 3.01. The van der Waals surface area contributed by atoms with Crippen LogP contribution >= 0.6 is 11.6 Å². The summed E-state index contributed by atoms with van der Waals surface area (Å²) >= 11 is 5.90. The Morgan fingerprint density at radius 3 is 2.57 bits per heavy atom. The van der Waals surface area contributed by atoms with E-state index in [-0.39, 0.29) is 10.6 Å². The molecule has 0 fully saturated rings. The summed E-state index contributed by atoms with van der Waals surface area (Å²) in [5.74, 6) is 0.365. The number of anilines is 1. The fourth-order valence-corrected chi connectivity index (χ4v) is 3.80.